The molecule has 1 N–H and O–H groups in total. The Morgan fingerprint density at radius 3 is 2.44 bits per heavy atom. The molecule has 0 saturated heterocycles. The highest BCUT2D eigenvalue weighted by molar-refractivity contribution is 14.0. The fraction of sp³-hybridized carbons (Fsp3) is 0.375. The fourth-order valence-corrected chi connectivity index (χ4v) is 3.27. The van der Waals surface area contributed by atoms with Gasteiger partial charge in [-0.05, 0) is 49.1 Å². The largest absolute Gasteiger partial charge is 0.497 e. The van der Waals surface area contributed by atoms with Crippen molar-refractivity contribution in [2.24, 2.45) is 12.0 Å². The molecule has 0 aliphatic rings. The quantitative estimate of drug-likeness (QED) is 0.263. The number of halogens is 1. The molecule has 0 aliphatic heterocycles. The van der Waals surface area contributed by atoms with Gasteiger partial charge in [0.1, 0.15) is 18.1 Å². The number of aliphatic imine (C=N–C) groups is 1. The van der Waals surface area contributed by atoms with Gasteiger partial charge >= 0.3 is 0 Å². The van der Waals surface area contributed by atoms with Crippen LogP contribution in [0.5, 0.6) is 5.75 Å². The summed E-state index contributed by atoms with van der Waals surface area (Å²) < 4.78 is 7.21. The van der Waals surface area contributed by atoms with Gasteiger partial charge in [0.05, 0.1) is 7.11 Å². The Hall–Kier alpha value is -2.62. The van der Waals surface area contributed by atoms with E-state index in [9.17, 15) is 0 Å². The Labute approximate surface area is 207 Å². The maximum absolute atomic E-state index is 5.24. The van der Waals surface area contributed by atoms with Crippen molar-refractivity contribution in [2.75, 3.05) is 20.7 Å². The molecule has 1 heterocycles. The molecule has 0 saturated carbocycles. The molecular weight excluding hydrogens is 515 g/mol. The summed E-state index contributed by atoms with van der Waals surface area (Å²) in [5.74, 6) is 3.44. The third-order valence-corrected chi connectivity index (χ3v) is 5.44. The predicted octanol–water partition coefficient (Wildman–Crippen LogP) is 3.88. The van der Waals surface area contributed by atoms with Crippen molar-refractivity contribution >= 4 is 29.9 Å². The third kappa shape index (κ3) is 6.94. The van der Waals surface area contributed by atoms with Crippen LogP contribution in [0, 0.1) is 13.8 Å². The van der Waals surface area contributed by atoms with Crippen molar-refractivity contribution in [2.45, 2.75) is 33.4 Å². The Balaban J connectivity index is 0.00000363. The summed E-state index contributed by atoms with van der Waals surface area (Å²) in [4.78, 5) is 6.99. The number of nitrogens with zero attached hydrogens (tertiary/aromatic N) is 5. The van der Waals surface area contributed by atoms with Gasteiger partial charge in [-0.1, -0.05) is 36.4 Å². The maximum Gasteiger partial charge on any atom is 0.194 e. The third-order valence-electron chi connectivity index (χ3n) is 5.44. The van der Waals surface area contributed by atoms with Crippen LogP contribution in [-0.4, -0.2) is 46.3 Å². The molecule has 0 fully saturated rings. The van der Waals surface area contributed by atoms with Crippen LogP contribution in [0.15, 0.2) is 53.5 Å². The number of hydrogen-bond donors (Lipinski definition) is 1. The summed E-state index contributed by atoms with van der Waals surface area (Å²) in [5, 5.41) is 11.9. The van der Waals surface area contributed by atoms with Crippen LogP contribution >= 0.6 is 24.0 Å². The minimum Gasteiger partial charge on any atom is -0.497 e. The molecule has 2 aromatic carbocycles. The zero-order valence-electron chi connectivity index (χ0n) is 19.5. The van der Waals surface area contributed by atoms with E-state index in [4.69, 9.17) is 9.73 Å². The van der Waals surface area contributed by atoms with Crippen molar-refractivity contribution < 1.29 is 4.74 Å². The SMILES string of the molecule is COc1ccc(CCNC(=NCc2nnc(C)n2C)N(C)Cc2ccccc2C)cc1.I. The molecule has 3 aromatic rings. The Morgan fingerprint density at radius 1 is 1.09 bits per heavy atom. The van der Waals surface area contributed by atoms with Crippen LogP contribution < -0.4 is 10.1 Å². The lowest BCUT2D eigenvalue weighted by Gasteiger charge is -2.23. The normalized spacial score (nSPS) is 11.1. The van der Waals surface area contributed by atoms with E-state index in [0.717, 1.165) is 42.9 Å². The van der Waals surface area contributed by atoms with Gasteiger partial charge in [-0.15, -0.1) is 34.2 Å². The first-order valence-electron chi connectivity index (χ1n) is 10.5. The number of aryl methyl sites for hydroxylation is 2. The first-order chi connectivity index (χ1) is 15.0. The van der Waals surface area contributed by atoms with Crippen molar-refractivity contribution in [3.05, 3.63) is 76.9 Å². The monoisotopic (exact) mass is 548 g/mol. The van der Waals surface area contributed by atoms with Gasteiger partial charge in [-0.3, -0.25) is 0 Å². The van der Waals surface area contributed by atoms with Gasteiger partial charge < -0.3 is 19.5 Å². The Bertz CT molecular complexity index is 1020. The molecule has 3 rings (SSSR count). The average molecular weight is 548 g/mol. The van der Waals surface area contributed by atoms with E-state index >= 15 is 0 Å². The first kappa shape index (κ1) is 25.6. The molecule has 0 spiro atoms. The van der Waals surface area contributed by atoms with Crippen LogP contribution in [-0.2, 0) is 26.6 Å². The van der Waals surface area contributed by atoms with Gasteiger partial charge in [-0.25, -0.2) is 4.99 Å². The first-order valence-corrected chi connectivity index (χ1v) is 10.5. The van der Waals surface area contributed by atoms with Gasteiger partial charge in [0, 0.05) is 27.2 Å². The number of ether oxygens (including phenoxy) is 1. The number of methoxy groups -OCH3 is 1. The number of aromatic nitrogens is 3. The highest BCUT2D eigenvalue weighted by Crippen LogP contribution is 2.12. The van der Waals surface area contributed by atoms with Crippen LogP contribution in [0.3, 0.4) is 0 Å². The van der Waals surface area contributed by atoms with E-state index in [1.54, 1.807) is 7.11 Å². The summed E-state index contributed by atoms with van der Waals surface area (Å²) in [5.41, 5.74) is 3.80. The second-order valence-corrected chi connectivity index (χ2v) is 7.67. The number of hydrogen-bond acceptors (Lipinski definition) is 4. The lowest BCUT2D eigenvalue weighted by atomic mass is 10.1. The van der Waals surface area contributed by atoms with Crippen LogP contribution in [0.2, 0.25) is 0 Å². The average Bonchev–Trinajstić information content (AvgIpc) is 3.10. The van der Waals surface area contributed by atoms with Crippen molar-refractivity contribution in [3.8, 4) is 5.75 Å². The molecule has 32 heavy (non-hydrogen) atoms. The summed E-state index contributed by atoms with van der Waals surface area (Å²) >= 11 is 0. The highest BCUT2D eigenvalue weighted by Gasteiger charge is 2.11. The predicted molar refractivity (Wildman–Crippen MR) is 140 cm³/mol. The second kappa shape index (κ2) is 12.4. The van der Waals surface area contributed by atoms with Crippen molar-refractivity contribution in [1.82, 2.24) is 25.0 Å². The summed E-state index contributed by atoms with van der Waals surface area (Å²) in [6.07, 6.45) is 0.893. The van der Waals surface area contributed by atoms with Gasteiger partial charge in [0.15, 0.2) is 11.8 Å². The minimum atomic E-state index is 0. The standard InChI is InChI=1S/C24H32N6O.HI/c1-18-8-6-7-9-21(18)17-29(3)24(26-16-23-28-27-19(2)30(23)4)25-15-14-20-10-12-22(31-5)13-11-20;/h6-13H,14-17H2,1-5H3,(H,25,26);1H. The molecule has 172 valence electrons. The minimum absolute atomic E-state index is 0. The van der Waals surface area contributed by atoms with E-state index < -0.39 is 0 Å². The number of nitrogens with one attached hydrogen (secondary N) is 1. The van der Waals surface area contributed by atoms with E-state index in [2.05, 4.69) is 70.8 Å². The van der Waals surface area contributed by atoms with Gasteiger partial charge in [0.2, 0.25) is 0 Å². The number of benzene rings is 2. The summed E-state index contributed by atoms with van der Waals surface area (Å²) in [6.45, 7) is 6.11. The summed E-state index contributed by atoms with van der Waals surface area (Å²) in [6, 6.07) is 16.6. The zero-order valence-corrected chi connectivity index (χ0v) is 21.8. The van der Waals surface area contributed by atoms with Gasteiger partial charge in [0.25, 0.3) is 0 Å². The fourth-order valence-electron chi connectivity index (χ4n) is 3.27. The molecule has 7 nitrogen and oxygen atoms in total. The maximum atomic E-state index is 5.24. The molecule has 0 unspecified atom stereocenters. The molecular formula is C24H33IN6O. The van der Waals surface area contributed by atoms with Crippen LogP contribution in [0.1, 0.15) is 28.3 Å². The highest BCUT2D eigenvalue weighted by atomic mass is 127. The smallest absolute Gasteiger partial charge is 0.194 e. The van der Waals surface area contributed by atoms with Crippen molar-refractivity contribution in [1.29, 1.82) is 0 Å². The number of guanidine groups is 1. The zero-order chi connectivity index (χ0) is 22.2. The summed E-state index contributed by atoms with van der Waals surface area (Å²) in [7, 11) is 5.71. The molecule has 0 atom stereocenters. The van der Waals surface area contributed by atoms with E-state index in [-0.39, 0.29) is 24.0 Å². The van der Waals surface area contributed by atoms with E-state index in [1.807, 2.05) is 30.7 Å². The second-order valence-electron chi connectivity index (χ2n) is 7.67. The Kier molecular flexibility index (Phi) is 9.96. The molecule has 8 heteroatoms. The molecule has 0 aliphatic carbocycles. The topological polar surface area (TPSA) is 67.6 Å². The molecule has 0 bridgehead atoms. The van der Waals surface area contributed by atoms with Gasteiger partial charge in [-0.2, -0.15) is 0 Å². The van der Waals surface area contributed by atoms with Crippen LogP contribution in [0.4, 0.5) is 0 Å². The van der Waals surface area contributed by atoms with Crippen LogP contribution in [0.25, 0.3) is 0 Å². The van der Waals surface area contributed by atoms with Crippen molar-refractivity contribution in [3.63, 3.8) is 0 Å². The lowest BCUT2D eigenvalue weighted by molar-refractivity contribution is 0.414. The lowest BCUT2D eigenvalue weighted by Crippen LogP contribution is -2.39. The van der Waals surface area contributed by atoms with E-state index in [1.165, 1.54) is 16.7 Å². The Morgan fingerprint density at radius 2 is 1.81 bits per heavy atom. The molecule has 0 amide bonds. The number of rotatable bonds is 8. The molecule has 1 aromatic heterocycles. The molecule has 0 radical (unpaired) electrons. The van der Waals surface area contributed by atoms with E-state index in [0.29, 0.717) is 6.54 Å².